The van der Waals surface area contributed by atoms with Gasteiger partial charge in [0, 0.05) is 38.6 Å². The van der Waals surface area contributed by atoms with Gasteiger partial charge in [-0.05, 0) is 52.9 Å². The molecule has 0 aliphatic carbocycles. The van der Waals surface area contributed by atoms with Crippen LogP contribution in [0.5, 0.6) is 0 Å². The molecule has 0 atom stereocenters. The molecule has 0 unspecified atom stereocenters. The number of benzene rings is 7. The van der Waals surface area contributed by atoms with Gasteiger partial charge in [-0.15, -0.1) is 0 Å². The quantitative estimate of drug-likeness (QED) is 0.153. The highest BCUT2D eigenvalue weighted by Gasteiger charge is 2.15. The Labute approximate surface area is 331 Å². The van der Waals surface area contributed by atoms with Crippen molar-refractivity contribution >= 4 is 21.8 Å². The average molecular weight is 730 g/mol. The van der Waals surface area contributed by atoms with E-state index < -0.39 is 0 Å². The Balaban J connectivity index is 0.987. The standard InChI is InChI=1S/C52H35N5/c1-34-32-47(38-14-7-3-8-15-38)54-49-45(34)30-28-40-29-31-46(53-48(40)49)39-24-20-37(21-25-39)43-18-11-19-44(33-43)52-56-50(41-16-9-4-10-17-41)55-51(57-52)42-26-22-36(23-27-42)35-12-5-2-6-13-35/h2-33H,1H3. The van der Waals surface area contributed by atoms with Crippen molar-refractivity contribution in [3.8, 4) is 78.9 Å². The van der Waals surface area contributed by atoms with Gasteiger partial charge in [0.1, 0.15) is 0 Å². The van der Waals surface area contributed by atoms with Crippen molar-refractivity contribution in [3.63, 3.8) is 0 Å². The van der Waals surface area contributed by atoms with Gasteiger partial charge in [0.05, 0.1) is 22.4 Å². The maximum absolute atomic E-state index is 5.21. The summed E-state index contributed by atoms with van der Waals surface area (Å²) in [5.74, 6) is 1.89. The molecule has 0 N–H and O–H groups in total. The van der Waals surface area contributed by atoms with Gasteiger partial charge < -0.3 is 0 Å². The molecule has 5 nitrogen and oxygen atoms in total. The minimum Gasteiger partial charge on any atom is -0.245 e. The van der Waals surface area contributed by atoms with E-state index in [2.05, 4.69) is 146 Å². The summed E-state index contributed by atoms with van der Waals surface area (Å²) in [5, 5.41) is 2.18. The molecule has 0 bridgehead atoms. The molecule has 5 heteroatoms. The van der Waals surface area contributed by atoms with Crippen LogP contribution in [0.25, 0.3) is 101 Å². The van der Waals surface area contributed by atoms with Crippen LogP contribution in [0.4, 0.5) is 0 Å². The third-order valence-electron chi connectivity index (χ3n) is 10.5. The Morgan fingerprint density at radius 1 is 0.281 bits per heavy atom. The molecule has 0 saturated carbocycles. The van der Waals surface area contributed by atoms with Gasteiger partial charge in [-0.25, -0.2) is 24.9 Å². The molecule has 0 spiro atoms. The second-order valence-electron chi connectivity index (χ2n) is 14.2. The van der Waals surface area contributed by atoms with Gasteiger partial charge in [-0.2, -0.15) is 0 Å². The second kappa shape index (κ2) is 14.5. The second-order valence-corrected chi connectivity index (χ2v) is 14.2. The van der Waals surface area contributed by atoms with Crippen molar-refractivity contribution < 1.29 is 0 Å². The van der Waals surface area contributed by atoms with Crippen molar-refractivity contribution in [1.29, 1.82) is 0 Å². The monoisotopic (exact) mass is 729 g/mol. The molecule has 10 rings (SSSR count). The summed E-state index contributed by atoms with van der Waals surface area (Å²) in [4.78, 5) is 25.3. The van der Waals surface area contributed by atoms with Crippen LogP contribution in [0.2, 0.25) is 0 Å². The molecule has 0 saturated heterocycles. The lowest BCUT2D eigenvalue weighted by Crippen LogP contribution is -2.00. The van der Waals surface area contributed by atoms with Gasteiger partial charge in [-0.3, -0.25) is 0 Å². The van der Waals surface area contributed by atoms with Crippen molar-refractivity contribution in [2.45, 2.75) is 6.92 Å². The summed E-state index contributed by atoms with van der Waals surface area (Å²) in [6, 6.07) is 66.9. The predicted molar refractivity (Wildman–Crippen MR) is 233 cm³/mol. The first kappa shape index (κ1) is 33.9. The fraction of sp³-hybridized carbons (Fsp3) is 0.0192. The maximum Gasteiger partial charge on any atom is 0.164 e. The largest absolute Gasteiger partial charge is 0.245 e. The molecule has 0 aliphatic rings. The molecule has 3 aromatic heterocycles. The van der Waals surface area contributed by atoms with E-state index in [1.165, 1.54) is 11.1 Å². The number of rotatable bonds is 7. The van der Waals surface area contributed by atoms with Crippen molar-refractivity contribution in [1.82, 2.24) is 24.9 Å². The van der Waals surface area contributed by atoms with Crippen LogP contribution in [0, 0.1) is 6.92 Å². The lowest BCUT2D eigenvalue weighted by molar-refractivity contribution is 1.07. The highest BCUT2D eigenvalue weighted by Crippen LogP contribution is 2.33. The number of nitrogens with zero attached hydrogens (tertiary/aromatic N) is 5. The van der Waals surface area contributed by atoms with Crippen LogP contribution in [0.1, 0.15) is 5.56 Å². The zero-order chi connectivity index (χ0) is 38.1. The Bertz CT molecular complexity index is 3040. The summed E-state index contributed by atoms with van der Waals surface area (Å²) in [6.45, 7) is 2.15. The van der Waals surface area contributed by atoms with Crippen LogP contribution in [-0.4, -0.2) is 24.9 Å². The molecular formula is C52H35N5. The number of aromatic nitrogens is 5. The van der Waals surface area contributed by atoms with Crippen LogP contribution < -0.4 is 0 Å². The van der Waals surface area contributed by atoms with Crippen LogP contribution in [0.15, 0.2) is 194 Å². The highest BCUT2D eigenvalue weighted by molar-refractivity contribution is 6.05. The van der Waals surface area contributed by atoms with E-state index in [1.807, 2.05) is 54.6 Å². The number of aryl methyl sites for hydroxylation is 1. The van der Waals surface area contributed by atoms with Crippen LogP contribution in [0.3, 0.4) is 0 Å². The number of hydrogen-bond donors (Lipinski definition) is 0. The topological polar surface area (TPSA) is 64.5 Å². The molecule has 0 radical (unpaired) electrons. The molecule has 3 heterocycles. The lowest BCUT2D eigenvalue weighted by atomic mass is 9.99. The minimum absolute atomic E-state index is 0.622. The fourth-order valence-corrected chi connectivity index (χ4v) is 7.42. The third kappa shape index (κ3) is 6.72. The van der Waals surface area contributed by atoms with Gasteiger partial charge in [0.25, 0.3) is 0 Å². The predicted octanol–water partition coefficient (Wildman–Crippen LogP) is 12.9. The molecule has 0 fully saturated rings. The minimum atomic E-state index is 0.622. The van der Waals surface area contributed by atoms with E-state index in [-0.39, 0.29) is 0 Å². The SMILES string of the molecule is Cc1cc(-c2ccccc2)nc2c1ccc1ccc(-c3ccc(-c4cccc(-c5nc(-c6ccccc6)nc(-c6ccc(-c7ccccc7)cc6)n5)c4)cc3)nc12. The average Bonchev–Trinajstić information content (AvgIpc) is 3.29. The van der Waals surface area contributed by atoms with Gasteiger partial charge in [0.15, 0.2) is 17.5 Å². The number of hydrogen-bond acceptors (Lipinski definition) is 5. The molecular weight excluding hydrogens is 695 g/mol. The van der Waals surface area contributed by atoms with Gasteiger partial charge in [0.2, 0.25) is 0 Å². The molecule has 7 aromatic carbocycles. The summed E-state index contributed by atoms with van der Waals surface area (Å²) < 4.78 is 0. The maximum atomic E-state index is 5.21. The zero-order valence-corrected chi connectivity index (χ0v) is 31.2. The van der Waals surface area contributed by atoms with Crippen molar-refractivity contribution in [2.24, 2.45) is 0 Å². The molecule has 0 aliphatic heterocycles. The summed E-state index contributed by atoms with van der Waals surface area (Å²) in [6.07, 6.45) is 0. The van der Waals surface area contributed by atoms with E-state index in [0.717, 1.165) is 77.7 Å². The fourth-order valence-electron chi connectivity index (χ4n) is 7.42. The van der Waals surface area contributed by atoms with E-state index >= 15 is 0 Å². The van der Waals surface area contributed by atoms with Crippen molar-refractivity contribution in [3.05, 3.63) is 200 Å². The van der Waals surface area contributed by atoms with Crippen molar-refractivity contribution in [2.75, 3.05) is 0 Å². The Morgan fingerprint density at radius 2 is 0.719 bits per heavy atom. The van der Waals surface area contributed by atoms with Gasteiger partial charge >= 0.3 is 0 Å². The first-order valence-corrected chi connectivity index (χ1v) is 19.1. The summed E-state index contributed by atoms with van der Waals surface area (Å²) in [7, 11) is 0. The molecule has 57 heavy (non-hydrogen) atoms. The first-order valence-electron chi connectivity index (χ1n) is 19.1. The summed E-state index contributed by atoms with van der Waals surface area (Å²) >= 11 is 0. The number of pyridine rings is 2. The lowest BCUT2D eigenvalue weighted by Gasteiger charge is -2.11. The third-order valence-corrected chi connectivity index (χ3v) is 10.5. The Hall–Kier alpha value is -7.63. The number of fused-ring (bicyclic) bond motifs is 3. The van der Waals surface area contributed by atoms with E-state index in [9.17, 15) is 0 Å². The van der Waals surface area contributed by atoms with E-state index in [4.69, 9.17) is 24.9 Å². The molecule has 10 aromatic rings. The molecule has 268 valence electrons. The Kier molecular flexibility index (Phi) is 8.65. The Morgan fingerprint density at radius 3 is 1.39 bits per heavy atom. The van der Waals surface area contributed by atoms with Gasteiger partial charge in [-0.1, -0.05) is 176 Å². The summed E-state index contributed by atoms with van der Waals surface area (Å²) in [5.41, 5.74) is 14.3. The highest BCUT2D eigenvalue weighted by atomic mass is 15.0. The van der Waals surface area contributed by atoms with E-state index in [1.54, 1.807) is 0 Å². The van der Waals surface area contributed by atoms with Crippen LogP contribution in [-0.2, 0) is 0 Å². The smallest absolute Gasteiger partial charge is 0.164 e. The normalized spacial score (nSPS) is 11.2. The molecule has 0 amide bonds. The first-order chi connectivity index (χ1) is 28.1. The zero-order valence-electron chi connectivity index (χ0n) is 31.2. The van der Waals surface area contributed by atoms with Crippen LogP contribution >= 0.6 is 0 Å². The van der Waals surface area contributed by atoms with E-state index in [0.29, 0.717) is 17.5 Å².